The Morgan fingerprint density at radius 1 is 1.58 bits per heavy atom. The molecule has 1 fully saturated rings. The Hall–Kier alpha value is -0.110. The molecule has 0 heterocycles. The molecule has 1 nitrogen and oxygen atoms in total. The fourth-order valence-electron chi connectivity index (χ4n) is 2.08. The van der Waals surface area contributed by atoms with Crippen molar-refractivity contribution in [2.45, 2.75) is 63.6 Å². The molecule has 1 rings (SSSR count). The lowest BCUT2D eigenvalue weighted by Crippen LogP contribution is -2.37. The number of unbranched alkanes of at least 4 members (excludes halogenated alkanes) is 1. The molecule has 2 heteroatoms. The molecule has 0 spiro atoms. The van der Waals surface area contributed by atoms with E-state index >= 15 is 0 Å². The Bertz CT molecular complexity index is 138. The summed E-state index contributed by atoms with van der Waals surface area (Å²) in [6.45, 7) is 2.10. The van der Waals surface area contributed by atoms with Gasteiger partial charge in [0.05, 0.1) is 0 Å². The zero-order chi connectivity index (χ0) is 9.03. The molecular weight excluding hydrogens is 153 g/mol. The maximum absolute atomic E-state index is 13.9. The molecule has 72 valence electrons. The number of halogens is 1. The van der Waals surface area contributed by atoms with Crippen molar-refractivity contribution >= 4 is 0 Å². The topological polar surface area (TPSA) is 26.0 Å². The van der Waals surface area contributed by atoms with E-state index in [0.717, 1.165) is 38.5 Å². The second-order valence-electron chi connectivity index (χ2n) is 4.11. The third-order valence-corrected chi connectivity index (χ3v) is 2.81. The first-order valence-electron chi connectivity index (χ1n) is 5.11. The normalized spacial score (nSPS) is 36.8. The minimum absolute atomic E-state index is 0.112. The van der Waals surface area contributed by atoms with Gasteiger partial charge in [0.1, 0.15) is 5.67 Å². The Balaban J connectivity index is 2.35. The number of hydrogen-bond acceptors (Lipinski definition) is 1. The molecule has 0 bridgehead atoms. The predicted octanol–water partition coefficient (Wildman–Crippen LogP) is 2.79. The molecule has 0 aromatic heterocycles. The molecule has 1 aliphatic carbocycles. The Morgan fingerprint density at radius 2 is 2.33 bits per heavy atom. The SMILES string of the molecule is CCCCC1(F)CCCC(N)C1. The van der Waals surface area contributed by atoms with Crippen LogP contribution in [0, 0.1) is 0 Å². The van der Waals surface area contributed by atoms with E-state index in [-0.39, 0.29) is 6.04 Å². The van der Waals surface area contributed by atoms with Crippen molar-refractivity contribution in [1.29, 1.82) is 0 Å². The molecule has 2 unspecified atom stereocenters. The van der Waals surface area contributed by atoms with Crippen LogP contribution in [0.5, 0.6) is 0 Å². The van der Waals surface area contributed by atoms with Crippen molar-refractivity contribution in [3.05, 3.63) is 0 Å². The van der Waals surface area contributed by atoms with Crippen LogP contribution in [0.25, 0.3) is 0 Å². The number of nitrogens with two attached hydrogens (primary N) is 1. The molecule has 1 saturated carbocycles. The summed E-state index contributed by atoms with van der Waals surface area (Å²) in [5, 5.41) is 0. The van der Waals surface area contributed by atoms with Crippen LogP contribution in [0.15, 0.2) is 0 Å². The van der Waals surface area contributed by atoms with Gasteiger partial charge in [0.15, 0.2) is 0 Å². The highest BCUT2D eigenvalue weighted by Crippen LogP contribution is 2.35. The minimum Gasteiger partial charge on any atom is -0.328 e. The van der Waals surface area contributed by atoms with Gasteiger partial charge in [0, 0.05) is 6.04 Å². The maximum atomic E-state index is 13.9. The van der Waals surface area contributed by atoms with Crippen molar-refractivity contribution < 1.29 is 4.39 Å². The summed E-state index contributed by atoms with van der Waals surface area (Å²) in [7, 11) is 0. The number of hydrogen-bond donors (Lipinski definition) is 1. The van der Waals surface area contributed by atoms with Crippen LogP contribution in [0.1, 0.15) is 51.9 Å². The summed E-state index contributed by atoms with van der Waals surface area (Å²) >= 11 is 0. The highest BCUT2D eigenvalue weighted by Gasteiger charge is 2.34. The van der Waals surface area contributed by atoms with Gasteiger partial charge in [0.25, 0.3) is 0 Å². The van der Waals surface area contributed by atoms with Crippen LogP contribution in [0.2, 0.25) is 0 Å². The van der Waals surface area contributed by atoms with E-state index in [0.29, 0.717) is 6.42 Å². The number of rotatable bonds is 3. The lowest BCUT2D eigenvalue weighted by molar-refractivity contribution is 0.0836. The lowest BCUT2D eigenvalue weighted by Gasteiger charge is -2.33. The number of alkyl halides is 1. The highest BCUT2D eigenvalue weighted by atomic mass is 19.1. The second-order valence-corrected chi connectivity index (χ2v) is 4.11. The van der Waals surface area contributed by atoms with Gasteiger partial charge in [-0.05, 0) is 32.1 Å². The Labute approximate surface area is 74.5 Å². The van der Waals surface area contributed by atoms with E-state index in [9.17, 15) is 4.39 Å². The lowest BCUT2D eigenvalue weighted by atomic mass is 9.80. The summed E-state index contributed by atoms with van der Waals surface area (Å²) in [4.78, 5) is 0. The molecule has 0 radical (unpaired) electrons. The quantitative estimate of drug-likeness (QED) is 0.697. The maximum Gasteiger partial charge on any atom is 0.112 e. The summed E-state index contributed by atoms with van der Waals surface area (Å²) in [5.74, 6) is 0. The third kappa shape index (κ3) is 2.74. The third-order valence-electron chi connectivity index (χ3n) is 2.81. The van der Waals surface area contributed by atoms with Gasteiger partial charge in [-0.1, -0.05) is 19.8 Å². The van der Waals surface area contributed by atoms with Crippen LogP contribution < -0.4 is 5.73 Å². The molecule has 0 aliphatic heterocycles. The van der Waals surface area contributed by atoms with Crippen LogP contribution >= 0.6 is 0 Å². The predicted molar refractivity (Wildman–Crippen MR) is 49.8 cm³/mol. The molecule has 0 aromatic carbocycles. The Kier molecular flexibility index (Phi) is 3.51. The van der Waals surface area contributed by atoms with Crippen LogP contribution in [0.3, 0.4) is 0 Å². The first-order valence-corrected chi connectivity index (χ1v) is 5.11. The van der Waals surface area contributed by atoms with Crippen molar-refractivity contribution in [1.82, 2.24) is 0 Å². The summed E-state index contributed by atoms with van der Waals surface area (Å²) in [6.07, 6.45) is 6.12. The van der Waals surface area contributed by atoms with E-state index in [1.165, 1.54) is 0 Å². The van der Waals surface area contributed by atoms with Gasteiger partial charge in [0.2, 0.25) is 0 Å². The van der Waals surface area contributed by atoms with Gasteiger partial charge in [-0.25, -0.2) is 4.39 Å². The van der Waals surface area contributed by atoms with Crippen molar-refractivity contribution in [3.8, 4) is 0 Å². The average molecular weight is 173 g/mol. The van der Waals surface area contributed by atoms with Crippen molar-refractivity contribution in [2.24, 2.45) is 5.73 Å². The zero-order valence-electron chi connectivity index (χ0n) is 7.98. The average Bonchev–Trinajstić information content (AvgIpc) is 2.01. The smallest absolute Gasteiger partial charge is 0.112 e. The van der Waals surface area contributed by atoms with E-state index in [4.69, 9.17) is 5.73 Å². The molecule has 1 aliphatic rings. The van der Waals surface area contributed by atoms with E-state index in [2.05, 4.69) is 6.92 Å². The van der Waals surface area contributed by atoms with E-state index < -0.39 is 5.67 Å². The highest BCUT2D eigenvalue weighted by molar-refractivity contribution is 4.88. The van der Waals surface area contributed by atoms with E-state index in [1.807, 2.05) is 0 Å². The van der Waals surface area contributed by atoms with Gasteiger partial charge >= 0.3 is 0 Å². The fraction of sp³-hybridized carbons (Fsp3) is 1.00. The molecular formula is C10H20FN. The monoisotopic (exact) mass is 173 g/mol. The molecule has 2 atom stereocenters. The molecule has 0 saturated heterocycles. The van der Waals surface area contributed by atoms with E-state index in [1.54, 1.807) is 0 Å². The van der Waals surface area contributed by atoms with Crippen LogP contribution in [0.4, 0.5) is 4.39 Å². The second kappa shape index (κ2) is 4.22. The first-order chi connectivity index (χ1) is 5.66. The van der Waals surface area contributed by atoms with Crippen LogP contribution in [-0.2, 0) is 0 Å². The minimum atomic E-state index is -0.923. The molecule has 0 aromatic rings. The molecule has 2 N–H and O–H groups in total. The fourth-order valence-corrected chi connectivity index (χ4v) is 2.08. The van der Waals surface area contributed by atoms with Crippen molar-refractivity contribution in [3.63, 3.8) is 0 Å². The Morgan fingerprint density at radius 3 is 2.92 bits per heavy atom. The first kappa shape index (κ1) is 9.97. The van der Waals surface area contributed by atoms with Crippen LogP contribution in [-0.4, -0.2) is 11.7 Å². The molecule has 0 amide bonds. The summed E-state index contributed by atoms with van der Waals surface area (Å²) in [5.41, 5.74) is 4.82. The standard InChI is InChI=1S/C10H20FN/c1-2-3-6-10(11)7-4-5-9(12)8-10/h9H,2-8,12H2,1H3. The van der Waals surface area contributed by atoms with Gasteiger partial charge in [-0.3, -0.25) is 0 Å². The van der Waals surface area contributed by atoms with Gasteiger partial charge < -0.3 is 5.73 Å². The largest absolute Gasteiger partial charge is 0.328 e. The zero-order valence-corrected chi connectivity index (χ0v) is 7.98. The van der Waals surface area contributed by atoms with Gasteiger partial charge in [-0.15, -0.1) is 0 Å². The van der Waals surface area contributed by atoms with Gasteiger partial charge in [-0.2, -0.15) is 0 Å². The molecule has 12 heavy (non-hydrogen) atoms. The summed E-state index contributed by atoms with van der Waals surface area (Å²) < 4.78 is 13.9. The summed E-state index contributed by atoms with van der Waals surface area (Å²) in [6, 6.07) is 0.112. The van der Waals surface area contributed by atoms with Crippen molar-refractivity contribution in [2.75, 3.05) is 0 Å².